The molecular formula is C22H26N4O2. The molecule has 2 aromatic heterocycles. The van der Waals surface area contributed by atoms with Crippen molar-refractivity contribution in [3.05, 3.63) is 47.8 Å². The topological polar surface area (TPSA) is 70.2 Å². The normalized spacial score (nSPS) is 14.6. The largest absolute Gasteiger partial charge is 0.382 e. The van der Waals surface area contributed by atoms with Crippen LogP contribution in [0, 0.1) is 6.92 Å². The predicted octanol–water partition coefficient (Wildman–Crippen LogP) is 3.83. The van der Waals surface area contributed by atoms with Gasteiger partial charge in [-0.1, -0.05) is 12.1 Å². The van der Waals surface area contributed by atoms with Gasteiger partial charge >= 0.3 is 0 Å². The number of hydrogen-bond acceptors (Lipinski definition) is 4. The third kappa shape index (κ3) is 3.47. The number of H-pyrrole nitrogens is 1. The van der Waals surface area contributed by atoms with Gasteiger partial charge in [-0.3, -0.25) is 4.79 Å². The first-order valence-electron chi connectivity index (χ1n) is 9.75. The number of carbonyl (C=O) groups excluding carboxylic acids is 1. The van der Waals surface area contributed by atoms with Crippen molar-refractivity contribution in [3.8, 4) is 11.1 Å². The minimum absolute atomic E-state index is 0.0606. The first-order valence-corrected chi connectivity index (χ1v) is 9.75. The number of aryl methyl sites for hydroxylation is 1. The third-order valence-electron chi connectivity index (χ3n) is 5.07. The molecule has 146 valence electrons. The maximum Gasteiger partial charge on any atom is 0.254 e. The molecule has 0 aliphatic carbocycles. The van der Waals surface area contributed by atoms with Gasteiger partial charge in [-0.05, 0) is 44.0 Å². The quantitative estimate of drug-likeness (QED) is 0.724. The summed E-state index contributed by atoms with van der Waals surface area (Å²) < 4.78 is 5.34. The van der Waals surface area contributed by atoms with Crippen LogP contribution in [0.4, 0.5) is 5.69 Å². The van der Waals surface area contributed by atoms with E-state index in [0.29, 0.717) is 37.9 Å². The molecule has 28 heavy (non-hydrogen) atoms. The number of aromatic nitrogens is 2. The van der Waals surface area contributed by atoms with Gasteiger partial charge in [0.1, 0.15) is 5.65 Å². The van der Waals surface area contributed by atoms with Crippen LogP contribution in [0.2, 0.25) is 0 Å². The van der Waals surface area contributed by atoms with Gasteiger partial charge in [0, 0.05) is 48.0 Å². The van der Waals surface area contributed by atoms with Crippen molar-refractivity contribution in [1.29, 1.82) is 0 Å². The zero-order chi connectivity index (χ0) is 19.7. The van der Waals surface area contributed by atoms with Crippen LogP contribution >= 0.6 is 0 Å². The smallest absolute Gasteiger partial charge is 0.254 e. The second kappa shape index (κ2) is 7.64. The Morgan fingerprint density at radius 2 is 1.93 bits per heavy atom. The Bertz CT molecular complexity index is 986. The molecule has 1 aromatic carbocycles. The highest BCUT2D eigenvalue weighted by molar-refractivity contribution is 6.01. The van der Waals surface area contributed by atoms with Gasteiger partial charge in [-0.2, -0.15) is 0 Å². The molecular weight excluding hydrogens is 352 g/mol. The number of pyridine rings is 1. The highest BCUT2D eigenvalue weighted by Gasteiger charge is 2.19. The van der Waals surface area contributed by atoms with Crippen molar-refractivity contribution in [2.75, 3.05) is 31.6 Å². The van der Waals surface area contributed by atoms with E-state index in [1.165, 1.54) is 0 Å². The van der Waals surface area contributed by atoms with Crippen LogP contribution in [0.15, 0.2) is 36.7 Å². The Labute approximate surface area is 164 Å². The van der Waals surface area contributed by atoms with E-state index >= 15 is 0 Å². The summed E-state index contributed by atoms with van der Waals surface area (Å²) in [5.41, 5.74) is 5.89. The molecule has 1 aliphatic rings. The molecule has 6 nitrogen and oxygen atoms in total. The van der Waals surface area contributed by atoms with E-state index in [1.807, 2.05) is 41.6 Å². The molecule has 1 fully saturated rings. The van der Waals surface area contributed by atoms with Crippen LogP contribution in [-0.4, -0.2) is 53.1 Å². The Kier molecular flexibility index (Phi) is 5.05. The number of rotatable bonds is 4. The number of carbonyl (C=O) groups is 1. The molecule has 0 radical (unpaired) electrons. The lowest BCUT2D eigenvalue weighted by molar-refractivity contribution is 0.0303. The van der Waals surface area contributed by atoms with Gasteiger partial charge in [-0.15, -0.1) is 0 Å². The molecule has 6 heteroatoms. The number of hydrogen-bond donors (Lipinski definition) is 2. The summed E-state index contributed by atoms with van der Waals surface area (Å²) in [7, 11) is 0. The fourth-order valence-corrected chi connectivity index (χ4v) is 3.65. The Balaban J connectivity index is 1.70. The van der Waals surface area contributed by atoms with Crippen molar-refractivity contribution in [2.24, 2.45) is 0 Å². The van der Waals surface area contributed by atoms with Gasteiger partial charge in [0.2, 0.25) is 0 Å². The van der Waals surface area contributed by atoms with Gasteiger partial charge in [0.05, 0.1) is 18.9 Å². The molecule has 1 aliphatic heterocycles. The standard InChI is InChI=1S/C22H26N4O2/c1-14(2)25-20-18(13-24-21-19(20)15(3)12-23-21)16-4-6-17(7-5-16)22(27)26-8-10-28-11-9-26/h4-7,12-14H,8-11H2,1-3H3,(H2,23,24,25). The van der Waals surface area contributed by atoms with Crippen LogP contribution in [-0.2, 0) is 4.74 Å². The number of fused-ring (bicyclic) bond motifs is 1. The monoisotopic (exact) mass is 378 g/mol. The van der Waals surface area contributed by atoms with Gasteiger partial charge in [0.25, 0.3) is 5.91 Å². The predicted molar refractivity (Wildman–Crippen MR) is 112 cm³/mol. The Hall–Kier alpha value is -2.86. The molecule has 1 amide bonds. The van der Waals surface area contributed by atoms with E-state index in [4.69, 9.17) is 4.74 Å². The molecule has 3 heterocycles. The van der Waals surface area contributed by atoms with Crippen LogP contribution < -0.4 is 5.32 Å². The summed E-state index contributed by atoms with van der Waals surface area (Å²) in [6.07, 6.45) is 3.87. The van der Waals surface area contributed by atoms with E-state index in [1.54, 1.807) is 0 Å². The molecule has 0 bridgehead atoms. The lowest BCUT2D eigenvalue weighted by Gasteiger charge is -2.27. The van der Waals surface area contributed by atoms with E-state index in [2.05, 4.69) is 36.1 Å². The fourth-order valence-electron chi connectivity index (χ4n) is 3.65. The van der Waals surface area contributed by atoms with Crippen LogP contribution in [0.25, 0.3) is 22.2 Å². The Morgan fingerprint density at radius 3 is 2.61 bits per heavy atom. The minimum Gasteiger partial charge on any atom is -0.382 e. The number of anilines is 1. The van der Waals surface area contributed by atoms with Crippen LogP contribution in [0.3, 0.4) is 0 Å². The zero-order valence-electron chi connectivity index (χ0n) is 16.6. The second-order valence-corrected chi connectivity index (χ2v) is 7.52. The zero-order valence-corrected chi connectivity index (χ0v) is 16.6. The molecule has 3 aromatic rings. The first kappa shape index (κ1) is 18.5. The van der Waals surface area contributed by atoms with Crippen molar-refractivity contribution < 1.29 is 9.53 Å². The summed E-state index contributed by atoms with van der Waals surface area (Å²) in [5, 5.41) is 4.69. The molecule has 1 saturated heterocycles. The van der Waals surface area contributed by atoms with Crippen molar-refractivity contribution in [2.45, 2.75) is 26.8 Å². The lowest BCUT2D eigenvalue weighted by Crippen LogP contribution is -2.40. The van der Waals surface area contributed by atoms with Gasteiger partial charge in [-0.25, -0.2) is 4.98 Å². The van der Waals surface area contributed by atoms with Crippen LogP contribution in [0.5, 0.6) is 0 Å². The number of aromatic amines is 1. The molecule has 0 saturated carbocycles. The summed E-state index contributed by atoms with van der Waals surface area (Å²) >= 11 is 0. The lowest BCUT2D eigenvalue weighted by atomic mass is 10.0. The van der Waals surface area contributed by atoms with Crippen molar-refractivity contribution in [1.82, 2.24) is 14.9 Å². The van der Waals surface area contributed by atoms with E-state index in [-0.39, 0.29) is 5.91 Å². The number of nitrogens with zero attached hydrogens (tertiary/aromatic N) is 2. The fraction of sp³-hybridized carbons (Fsp3) is 0.364. The Morgan fingerprint density at radius 1 is 1.21 bits per heavy atom. The minimum atomic E-state index is 0.0606. The van der Waals surface area contributed by atoms with E-state index in [0.717, 1.165) is 33.4 Å². The summed E-state index contributed by atoms with van der Waals surface area (Å²) in [5.74, 6) is 0.0606. The SMILES string of the molecule is Cc1c[nH]c2ncc(-c3ccc(C(=O)N4CCOCC4)cc3)c(NC(C)C)c12. The highest BCUT2D eigenvalue weighted by Crippen LogP contribution is 2.35. The molecule has 0 atom stereocenters. The maximum atomic E-state index is 12.7. The van der Waals surface area contributed by atoms with Gasteiger partial charge < -0.3 is 19.9 Å². The molecule has 2 N–H and O–H groups in total. The number of ether oxygens (including phenoxy) is 1. The van der Waals surface area contributed by atoms with Crippen molar-refractivity contribution >= 4 is 22.6 Å². The van der Waals surface area contributed by atoms with E-state index < -0.39 is 0 Å². The molecule has 0 unspecified atom stereocenters. The number of amides is 1. The second-order valence-electron chi connectivity index (χ2n) is 7.52. The van der Waals surface area contributed by atoms with E-state index in [9.17, 15) is 4.79 Å². The summed E-state index contributed by atoms with van der Waals surface area (Å²) in [4.78, 5) is 22.4. The third-order valence-corrected chi connectivity index (χ3v) is 5.07. The highest BCUT2D eigenvalue weighted by atomic mass is 16.5. The number of morpholine rings is 1. The van der Waals surface area contributed by atoms with Crippen LogP contribution in [0.1, 0.15) is 29.8 Å². The average molecular weight is 378 g/mol. The summed E-state index contributed by atoms with van der Waals surface area (Å²) in [6, 6.07) is 8.11. The molecule has 4 rings (SSSR count). The number of nitrogens with one attached hydrogen (secondary N) is 2. The molecule has 0 spiro atoms. The first-order chi connectivity index (χ1) is 13.5. The maximum absolute atomic E-state index is 12.7. The number of benzene rings is 1. The van der Waals surface area contributed by atoms with Crippen molar-refractivity contribution in [3.63, 3.8) is 0 Å². The summed E-state index contributed by atoms with van der Waals surface area (Å²) in [6.45, 7) is 8.85. The van der Waals surface area contributed by atoms with Gasteiger partial charge in [0.15, 0.2) is 0 Å². The average Bonchev–Trinajstić information content (AvgIpc) is 3.09.